The van der Waals surface area contributed by atoms with Gasteiger partial charge >= 0.3 is 0 Å². The summed E-state index contributed by atoms with van der Waals surface area (Å²) >= 11 is 0. The molecule has 1 aromatic rings. The maximum Gasteiger partial charge on any atom is 0.251 e. The molecule has 26 heavy (non-hydrogen) atoms. The zero-order valence-electron chi connectivity index (χ0n) is 15.4. The highest BCUT2D eigenvalue weighted by Gasteiger charge is 2.15. The lowest BCUT2D eigenvalue weighted by atomic mass is 10.1. The van der Waals surface area contributed by atoms with Crippen LogP contribution in [0.3, 0.4) is 0 Å². The maximum absolute atomic E-state index is 11.5. The first-order valence-electron chi connectivity index (χ1n) is 8.68. The molecule has 146 valence electrons. The lowest BCUT2D eigenvalue weighted by Gasteiger charge is -2.13. The summed E-state index contributed by atoms with van der Waals surface area (Å²) in [5.74, 6) is 0.669. The molecule has 0 saturated carbocycles. The number of nitrogens with one attached hydrogen (secondary N) is 3. The Hall–Kier alpha value is -1.39. The van der Waals surface area contributed by atoms with Crippen molar-refractivity contribution in [1.29, 1.82) is 0 Å². The monoisotopic (exact) mass is 476 g/mol. The number of ether oxygens (including phenoxy) is 2. The third-order valence-electron chi connectivity index (χ3n) is 3.98. The Morgan fingerprint density at radius 2 is 2.08 bits per heavy atom. The van der Waals surface area contributed by atoms with E-state index >= 15 is 0 Å². The second-order valence-electron chi connectivity index (χ2n) is 5.84. The molecule has 1 aliphatic rings. The Kier molecular flexibility index (Phi) is 11.2. The van der Waals surface area contributed by atoms with E-state index in [9.17, 15) is 4.79 Å². The third kappa shape index (κ3) is 7.88. The molecular formula is C18H29IN4O3. The van der Waals surface area contributed by atoms with Crippen LogP contribution >= 0.6 is 24.0 Å². The molecule has 0 radical (unpaired) electrons. The minimum Gasteiger partial charge on any atom is -0.379 e. The first-order chi connectivity index (χ1) is 12.2. The van der Waals surface area contributed by atoms with Gasteiger partial charge in [0.05, 0.1) is 12.7 Å². The largest absolute Gasteiger partial charge is 0.379 e. The number of aliphatic imine (C=N–C) groups is 1. The Labute approximate surface area is 172 Å². The number of hydrogen-bond donors (Lipinski definition) is 3. The van der Waals surface area contributed by atoms with Crippen molar-refractivity contribution >= 4 is 35.8 Å². The highest BCUT2D eigenvalue weighted by atomic mass is 127. The minimum absolute atomic E-state index is 0. The average Bonchev–Trinajstić information content (AvgIpc) is 3.17. The number of amides is 1. The van der Waals surface area contributed by atoms with Crippen LogP contribution in [0.2, 0.25) is 0 Å². The van der Waals surface area contributed by atoms with Gasteiger partial charge in [0.25, 0.3) is 5.91 Å². The van der Waals surface area contributed by atoms with Gasteiger partial charge in [-0.1, -0.05) is 12.1 Å². The summed E-state index contributed by atoms with van der Waals surface area (Å²) in [5.41, 5.74) is 1.74. The number of carbonyl (C=O) groups excluding carboxylic acids is 1. The van der Waals surface area contributed by atoms with Crippen LogP contribution in [0.1, 0.15) is 28.8 Å². The minimum atomic E-state index is -0.0802. The van der Waals surface area contributed by atoms with E-state index in [0.717, 1.165) is 50.7 Å². The zero-order chi connectivity index (χ0) is 17.9. The molecule has 1 unspecified atom stereocenters. The van der Waals surface area contributed by atoms with Crippen LogP contribution in [-0.2, 0) is 16.0 Å². The van der Waals surface area contributed by atoms with E-state index in [1.807, 2.05) is 24.3 Å². The number of nitrogens with zero attached hydrogens (tertiary/aromatic N) is 1. The highest BCUT2D eigenvalue weighted by molar-refractivity contribution is 14.0. The van der Waals surface area contributed by atoms with E-state index in [1.54, 1.807) is 14.1 Å². The number of carbonyl (C=O) groups is 1. The van der Waals surface area contributed by atoms with E-state index in [4.69, 9.17) is 9.47 Å². The van der Waals surface area contributed by atoms with Gasteiger partial charge in [-0.2, -0.15) is 0 Å². The van der Waals surface area contributed by atoms with Crippen LogP contribution in [0.4, 0.5) is 0 Å². The van der Waals surface area contributed by atoms with Gasteiger partial charge in [0.2, 0.25) is 0 Å². The molecule has 7 nitrogen and oxygen atoms in total. The fourth-order valence-electron chi connectivity index (χ4n) is 2.50. The number of guanidine groups is 1. The summed E-state index contributed by atoms with van der Waals surface area (Å²) in [7, 11) is 3.37. The maximum atomic E-state index is 11.5. The fraction of sp³-hybridized carbons (Fsp3) is 0.556. The summed E-state index contributed by atoms with van der Waals surface area (Å²) in [4.78, 5) is 15.7. The first kappa shape index (κ1) is 22.7. The standard InChI is InChI=1S/C18H28N4O3.HI/c1-19-17(23)15-6-4-14(5-7-15)12-22-18(20-2)21-9-3-10-25-16-8-11-24-13-16;/h4-7,16H,3,8-13H2,1-2H3,(H,19,23)(H2,20,21,22);1H. The molecule has 0 spiro atoms. The van der Waals surface area contributed by atoms with Crippen LogP contribution in [-0.4, -0.2) is 58.4 Å². The molecule has 1 fully saturated rings. The van der Waals surface area contributed by atoms with Crippen LogP contribution in [0.5, 0.6) is 0 Å². The van der Waals surface area contributed by atoms with Crippen LogP contribution in [0.15, 0.2) is 29.3 Å². The molecule has 2 rings (SSSR count). The zero-order valence-corrected chi connectivity index (χ0v) is 17.7. The summed E-state index contributed by atoms with van der Waals surface area (Å²) in [6, 6.07) is 7.50. The number of rotatable bonds is 8. The predicted octanol–water partition coefficient (Wildman–Crippen LogP) is 1.52. The highest BCUT2D eigenvalue weighted by Crippen LogP contribution is 2.08. The average molecular weight is 476 g/mol. The molecule has 1 heterocycles. The molecule has 0 bridgehead atoms. The molecule has 1 aliphatic heterocycles. The molecule has 3 N–H and O–H groups in total. The van der Waals surface area contributed by atoms with E-state index < -0.39 is 0 Å². The van der Waals surface area contributed by atoms with E-state index in [0.29, 0.717) is 12.1 Å². The summed E-state index contributed by atoms with van der Waals surface area (Å²) < 4.78 is 11.0. The Balaban J connectivity index is 0.00000338. The predicted molar refractivity (Wildman–Crippen MR) is 113 cm³/mol. The van der Waals surface area contributed by atoms with Crippen LogP contribution in [0, 0.1) is 0 Å². The third-order valence-corrected chi connectivity index (χ3v) is 3.98. The summed E-state index contributed by atoms with van der Waals surface area (Å²) in [5, 5.41) is 9.14. The smallest absolute Gasteiger partial charge is 0.251 e. The normalized spacial score (nSPS) is 16.7. The quantitative estimate of drug-likeness (QED) is 0.230. The lowest BCUT2D eigenvalue weighted by Crippen LogP contribution is -2.37. The van der Waals surface area contributed by atoms with E-state index in [1.165, 1.54) is 0 Å². The van der Waals surface area contributed by atoms with E-state index in [-0.39, 0.29) is 36.0 Å². The fourth-order valence-corrected chi connectivity index (χ4v) is 2.50. The van der Waals surface area contributed by atoms with Crippen molar-refractivity contribution in [2.75, 3.05) is 40.5 Å². The van der Waals surface area contributed by atoms with Crippen molar-refractivity contribution in [3.8, 4) is 0 Å². The van der Waals surface area contributed by atoms with E-state index in [2.05, 4.69) is 20.9 Å². The van der Waals surface area contributed by atoms with Gasteiger partial charge in [0, 0.05) is 46.0 Å². The molecule has 1 saturated heterocycles. The van der Waals surface area contributed by atoms with Gasteiger partial charge in [-0.05, 0) is 30.5 Å². The van der Waals surface area contributed by atoms with Crippen molar-refractivity contribution < 1.29 is 14.3 Å². The van der Waals surface area contributed by atoms with Crippen molar-refractivity contribution in [2.24, 2.45) is 4.99 Å². The SMILES string of the molecule is CN=C(NCCCOC1CCOC1)NCc1ccc(C(=O)NC)cc1.I. The van der Waals surface area contributed by atoms with Gasteiger partial charge < -0.3 is 25.4 Å². The summed E-state index contributed by atoms with van der Waals surface area (Å²) in [6.07, 6.45) is 2.17. The number of hydrogen-bond acceptors (Lipinski definition) is 4. The molecule has 1 amide bonds. The van der Waals surface area contributed by atoms with Gasteiger partial charge in [-0.3, -0.25) is 9.79 Å². The topological polar surface area (TPSA) is 84.0 Å². The second kappa shape index (κ2) is 12.9. The molecule has 0 aromatic heterocycles. The Bertz CT molecular complexity index is 560. The van der Waals surface area contributed by atoms with Crippen LogP contribution < -0.4 is 16.0 Å². The number of benzene rings is 1. The van der Waals surface area contributed by atoms with Gasteiger partial charge in [0.1, 0.15) is 0 Å². The molecule has 8 heteroatoms. The number of halogens is 1. The van der Waals surface area contributed by atoms with Crippen molar-refractivity contribution in [2.45, 2.75) is 25.5 Å². The molecule has 0 aliphatic carbocycles. The molecular weight excluding hydrogens is 447 g/mol. The van der Waals surface area contributed by atoms with Gasteiger partial charge in [0.15, 0.2) is 5.96 Å². The van der Waals surface area contributed by atoms with Crippen LogP contribution in [0.25, 0.3) is 0 Å². The van der Waals surface area contributed by atoms with Gasteiger partial charge in [-0.25, -0.2) is 0 Å². The summed E-state index contributed by atoms with van der Waals surface area (Å²) in [6.45, 7) is 3.68. The Morgan fingerprint density at radius 1 is 1.31 bits per heavy atom. The molecule has 1 aromatic carbocycles. The molecule has 1 atom stereocenters. The van der Waals surface area contributed by atoms with Crippen molar-refractivity contribution in [1.82, 2.24) is 16.0 Å². The van der Waals surface area contributed by atoms with Crippen molar-refractivity contribution in [3.05, 3.63) is 35.4 Å². The second-order valence-corrected chi connectivity index (χ2v) is 5.84. The lowest BCUT2D eigenvalue weighted by molar-refractivity contribution is 0.0420. The van der Waals surface area contributed by atoms with Gasteiger partial charge in [-0.15, -0.1) is 24.0 Å². The first-order valence-corrected chi connectivity index (χ1v) is 8.68. The van der Waals surface area contributed by atoms with Crippen molar-refractivity contribution in [3.63, 3.8) is 0 Å². The Morgan fingerprint density at radius 3 is 2.69 bits per heavy atom.